The van der Waals surface area contributed by atoms with Crippen LogP contribution in [0.5, 0.6) is 0 Å². The van der Waals surface area contributed by atoms with Crippen molar-refractivity contribution in [2.45, 2.75) is 243 Å². The highest BCUT2D eigenvalue weighted by Gasteiger charge is 2.41. The third-order valence-electron chi connectivity index (χ3n) is 5.95. The minimum Gasteiger partial charge on any atom is -0.389 e. The molecule has 0 bridgehead atoms. The first-order chi connectivity index (χ1) is 20.5. The Kier molecular flexibility index (Phi) is 21.9. The number of rotatable bonds is 14. The molecule has 288 valence electrons. The molecule has 0 rings (SSSR count). The molecular formula is C39H86O7Si. The van der Waals surface area contributed by atoms with Gasteiger partial charge in [-0.25, -0.2) is 0 Å². The van der Waals surface area contributed by atoms with Crippen LogP contribution in [0, 0.1) is 0 Å². The molecule has 0 spiro atoms. The third kappa shape index (κ3) is 32.9. The van der Waals surface area contributed by atoms with E-state index in [9.17, 15) is 0 Å². The summed E-state index contributed by atoms with van der Waals surface area (Å²) in [6.45, 7) is 51.1. The summed E-state index contributed by atoms with van der Waals surface area (Å²) in [6, 6.07) is 2.02. The molecule has 0 unspecified atom stereocenters. The standard InChI is InChI=1S/C14H30O3.C13H28O2.C12H28O2Si/c1-12(2,3)15-10-9-11-16-14(7,8)17-13(4,5)6;1-9-13(10-2,14-11(3,4)5)15-12(6,7)8;1-9-15(10-2,13-11(3,4)5)14-12(6,7)8/h9-11H2,1-8H3;2*9-10H2,1-8H3. The molecule has 0 fully saturated rings. The molecule has 0 aromatic heterocycles. The maximum atomic E-state index is 6.22. The molecular weight excluding hydrogens is 609 g/mol. The van der Waals surface area contributed by atoms with Gasteiger partial charge in [-0.2, -0.15) is 0 Å². The van der Waals surface area contributed by atoms with Crippen LogP contribution in [0.25, 0.3) is 0 Å². The molecule has 47 heavy (non-hydrogen) atoms. The average Bonchev–Trinajstić information content (AvgIpc) is 2.77. The van der Waals surface area contributed by atoms with Gasteiger partial charge in [-0.05, 0) is 170 Å². The van der Waals surface area contributed by atoms with Gasteiger partial charge in [0.15, 0.2) is 11.6 Å². The molecule has 7 nitrogen and oxygen atoms in total. The number of hydrogen-bond donors (Lipinski definition) is 0. The maximum absolute atomic E-state index is 6.22. The van der Waals surface area contributed by atoms with E-state index in [4.69, 9.17) is 32.5 Å². The zero-order valence-corrected chi connectivity index (χ0v) is 37.3. The van der Waals surface area contributed by atoms with Crippen molar-refractivity contribution in [3.63, 3.8) is 0 Å². The van der Waals surface area contributed by atoms with E-state index in [-0.39, 0.29) is 33.6 Å². The smallest absolute Gasteiger partial charge is 0.338 e. The highest BCUT2D eigenvalue weighted by Crippen LogP contribution is 2.33. The molecule has 0 aliphatic carbocycles. The van der Waals surface area contributed by atoms with Crippen molar-refractivity contribution in [2.75, 3.05) is 13.2 Å². The van der Waals surface area contributed by atoms with Crippen molar-refractivity contribution in [1.82, 2.24) is 0 Å². The molecule has 0 saturated carbocycles. The molecule has 0 amide bonds. The quantitative estimate of drug-likeness (QED) is 0.102. The van der Waals surface area contributed by atoms with Crippen LogP contribution in [0.4, 0.5) is 0 Å². The molecule has 8 heteroatoms. The Morgan fingerprint density at radius 3 is 0.936 bits per heavy atom. The number of hydrogen-bond acceptors (Lipinski definition) is 7. The van der Waals surface area contributed by atoms with Crippen LogP contribution in [0.3, 0.4) is 0 Å². The summed E-state index contributed by atoms with van der Waals surface area (Å²) in [7, 11) is -2.01. The van der Waals surface area contributed by atoms with Gasteiger partial charge in [0.05, 0.1) is 40.2 Å². The van der Waals surface area contributed by atoms with Crippen LogP contribution in [-0.4, -0.2) is 67.0 Å². The first-order valence-corrected chi connectivity index (χ1v) is 20.5. The van der Waals surface area contributed by atoms with Crippen LogP contribution in [0.1, 0.15) is 185 Å². The Hall–Kier alpha value is -0.0631. The largest absolute Gasteiger partial charge is 0.389 e. The molecule has 0 atom stereocenters. The van der Waals surface area contributed by atoms with Crippen LogP contribution in [-0.2, 0) is 32.5 Å². The fourth-order valence-electron chi connectivity index (χ4n) is 4.87. The van der Waals surface area contributed by atoms with E-state index in [0.29, 0.717) is 6.61 Å². The summed E-state index contributed by atoms with van der Waals surface area (Å²) in [5.74, 6) is -0.990. The maximum Gasteiger partial charge on any atom is 0.338 e. The second-order valence-electron chi connectivity index (χ2n) is 18.9. The van der Waals surface area contributed by atoms with Crippen LogP contribution in [0.15, 0.2) is 0 Å². The summed E-state index contributed by atoms with van der Waals surface area (Å²) in [5.41, 5.74) is -0.815. The van der Waals surface area contributed by atoms with E-state index >= 15 is 0 Å². The van der Waals surface area contributed by atoms with Crippen LogP contribution in [0.2, 0.25) is 12.1 Å². The Morgan fingerprint density at radius 2 is 0.702 bits per heavy atom. The van der Waals surface area contributed by atoms with Gasteiger partial charge in [0.1, 0.15) is 0 Å². The molecule has 0 aromatic rings. The topological polar surface area (TPSA) is 64.6 Å². The van der Waals surface area contributed by atoms with Gasteiger partial charge >= 0.3 is 8.56 Å². The molecule has 0 aliphatic heterocycles. The van der Waals surface area contributed by atoms with E-state index in [1.165, 1.54) is 0 Å². The van der Waals surface area contributed by atoms with Crippen molar-refractivity contribution in [1.29, 1.82) is 0 Å². The molecule has 0 radical (unpaired) electrons. The van der Waals surface area contributed by atoms with Crippen molar-refractivity contribution < 1.29 is 32.5 Å². The Morgan fingerprint density at radius 1 is 0.383 bits per heavy atom. The normalized spacial score (nSPS) is 14.3. The van der Waals surface area contributed by atoms with Crippen molar-refractivity contribution in [3.8, 4) is 0 Å². The predicted molar refractivity (Wildman–Crippen MR) is 205 cm³/mol. The van der Waals surface area contributed by atoms with Gasteiger partial charge in [0.25, 0.3) is 0 Å². The van der Waals surface area contributed by atoms with Gasteiger partial charge in [-0.3, -0.25) is 0 Å². The Balaban J connectivity index is -0.000000620. The summed E-state index contributed by atoms with van der Waals surface area (Å²) < 4.78 is 41.7. The highest BCUT2D eigenvalue weighted by molar-refractivity contribution is 6.67. The molecule has 0 heterocycles. The zero-order valence-electron chi connectivity index (χ0n) is 36.3. The summed E-state index contributed by atoms with van der Waals surface area (Å²) in [5, 5.41) is 0. The van der Waals surface area contributed by atoms with Crippen LogP contribution >= 0.6 is 0 Å². The van der Waals surface area contributed by atoms with E-state index in [1.807, 2.05) is 34.6 Å². The lowest BCUT2D eigenvalue weighted by Gasteiger charge is -2.42. The zero-order chi connectivity index (χ0) is 38.4. The van der Waals surface area contributed by atoms with Crippen molar-refractivity contribution in [3.05, 3.63) is 0 Å². The van der Waals surface area contributed by atoms with Gasteiger partial charge in [0, 0.05) is 6.61 Å². The first kappa shape index (κ1) is 51.3. The predicted octanol–water partition coefficient (Wildman–Crippen LogP) is 12.0. The minimum absolute atomic E-state index is 0.0720. The van der Waals surface area contributed by atoms with Gasteiger partial charge in [0.2, 0.25) is 0 Å². The van der Waals surface area contributed by atoms with E-state index in [2.05, 4.69) is 132 Å². The Labute approximate surface area is 296 Å². The van der Waals surface area contributed by atoms with Gasteiger partial charge in [-0.15, -0.1) is 0 Å². The first-order valence-electron chi connectivity index (χ1n) is 18.3. The lowest BCUT2D eigenvalue weighted by atomic mass is 10.1. The molecule has 0 N–H and O–H groups in total. The van der Waals surface area contributed by atoms with E-state index in [1.54, 1.807) is 0 Å². The molecule has 0 saturated heterocycles. The van der Waals surface area contributed by atoms with Gasteiger partial charge < -0.3 is 32.5 Å². The molecule has 0 aliphatic rings. The van der Waals surface area contributed by atoms with Crippen molar-refractivity contribution in [2.24, 2.45) is 0 Å². The fraction of sp³-hybridized carbons (Fsp3) is 1.00. The summed E-state index contributed by atoms with van der Waals surface area (Å²) in [6.07, 6.45) is 2.63. The highest BCUT2D eigenvalue weighted by atomic mass is 28.4. The lowest BCUT2D eigenvalue weighted by Crippen LogP contribution is -2.50. The van der Waals surface area contributed by atoms with Crippen LogP contribution < -0.4 is 0 Å². The monoisotopic (exact) mass is 695 g/mol. The number of ether oxygens (including phenoxy) is 5. The molecule has 0 aromatic carbocycles. The van der Waals surface area contributed by atoms with E-state index < -0.39 is 20.1 Å². The summed E-state index contributed by atoms with van der Waals surface area (Å²) >= 11 is 0. The average molecular weight is 695 g/mol. The second kappa shape index (κ2) is 20.1. The Bertz CT molecular complexity index is 710. The lowest BCUT2D eigenvalue weighted by molar-refractivity contribution is -0.313. The summed E-state index contributed by atoms with van der Waals surface area (Å²) in [4.78, 5) is 0. The van der Waals surface area contributed by atoms with Crippen molar-refractivity contribution >= 4 is 8.56 Å². The van der Waals surface area contributed by atoms with E-state index in [0.717, 1.165) is 38.0 Å². The minimum atomic E-state index is -2.01. The third-order valence-corrected chi connectivity index (χ3v) is 10.1. The van der Waals surface area contributed by atoms with Gasteiger partial charge in [-0.1, -0.05) is 27.7 Å². The fourth-order valence-corrected chi connectivity index (χ4v) is 8.22. The second-order valence-corrected chi connectivity index (χ2v) is 22.5. The SMILES string of the molecule is CC(C)(C)OCCCOC(C)(C)OC(C)(C)C.CCC(CC)(OC(C)(C)C)OC(C)(C)C.CC[Si](CC)(OC(C)(C)C)OC(C)(C)C.